The van der Waals surface area contributed by atoms with E-state index in [0.29, 0.717) is 0 Å². The molecule has 0 aromatic heterocycles. The van der Waals surface area contributed by atoms with E-state index in [1.165, 1.54) is 0 Å². The minimum Gasteiger partial charge on any atom is -0.193 e. The van der Waals surface area contributed by atoms with Crippen molar-refractivity contribution in [2.45, 2.75) is 34.6 Å². The quantitative estimate of drug-likeness (QED) is 0.335. The molecule has 0 aliphatic heterocycles. The molecule has 0 N–H and O–H groups in total. The molecule has 0 aromatic carbocycles. The molecule has 0 aliphatic carbocycles. The molecule has 74 valence electrons. The highest BCUT2D eigenvalue weighted by molar-refractivity contribution is 5.22. The second-order valence-corrected chi connectivity index (χ2v) is 1.90. The fourth-order valence-electron chi connectivity index (χ4n) is 0.278. The Morgan fingerprint density at radius 2 is 1.69 bits per heavy atom. The molecule has 0 heterocycles. The predicted octanol–water partition coefficient (Wildman–Crippen LogP) is 4.25. The highest BCUT2D eigenvalue weighted by Gasteiger charge is 1.74. The summed E-state index contributed by atoms with van der Waals surface area (Å²) in [5.41, 5.74) is 0.739. The monoisotopic (exact) mass is 179 g/mol. The Bertz CT molecular complexity index is 180. The molecule has 0 fully saturated rings. The summed E-state index contributed by atoms with van der Waals surface area (Å²) in [6.45, 7) is 12.9. The maximum absolute atomic E-state index is 8.21. The van der Waals surface area contributed by atoms with E-state index in [1.54, 1.807) is 19.1 Å². The zero-order valence-corrected chi connectivity index (χ0v) is 9.46. The van der Waals surface area contributed by atoms with Crippen molar-refractivity contribution in [2.75, 3.05) is 0 Å². The molecule has 0 bridgehead atoms. The van der Waals surface area contributed by atoms with Crippen molar-refractivity contribution in [1.29, 1.82) is 5.26 Å². The van der Waals surface area contributed by atoms with Gasteiger partial charge in [0.1, 0.15) is 0 Å². The fraction of sp³-hybridized carbons (Fsp3) is 0.417. The van der Waals surface area contributed by atoms with Crippen LogP contribution < -0.4 is 0 Å². The number of nitrogens with zero attached hydrogens (tertiary/aromatic N) is 1. The van der Waals surface area contributed by atoms with Gasteiger partial charge in [-0.2, -0.15) is 5.26 Å². The largest absolute Gasteiger partial charge is 0.193 e. The zero-order chi connectivity index (χ0) is 11.1. The summed E-state index contributed by atoms with van der Waals surface area (Å²) in [6.07, 6.45) is 7.26. The summed E-state index contributed by atoms with van der Waals surface area (Å²) in [5.74, 6) is 0. The first-order valence-electron chi connectivity index (χ1n) is 4.49. The molecular formula is C12H21N. The van der Waals surface area contributed by atoms with Crippen molar-refractivity contribution in [3.63, 3.8) is 0 Å². The third-order valence-corrected chi connectivity index (χ3v) is 0.715. The highest BCUT2D eigenvalue weighted by atomic mass is 14.2. The third kappa shape index (κ3) is 36.6. The van der Waals surface area contributed by atoms with Gasteiger partial charge in [0.2, 0.25) is 0 Å². The van der Waals surface area contributed by atoms with Crippen LogP contribution in [0.4, 0.5) is 0 Å². The molecule has 1 nitrogen and oxygen atoms in total. The van der Waals surface area contributed by atoms with Crippen LogP contribution in [0.25, 0.3) is 0 Å². The van der Waals surface area contributed by atoms with Gasteiger partial charge in [-0.25, -0.2) is 0 Å². The maximum atomic E-state index is 8.21. The Balaban J connectivity index is -0.000000169. The van der Waals surface area contributed by atoms with Gasteiger partial charge in [0, 0.05) is 5.57 Å². The molecule has 0 atom stereocenters. The molecule has 13 heavy (non-hydrogen) atoms. The van der Waals surface area contributed by atoms with Gasteiger partial charge in [-0.1, -0.05) is 32.1 Å². The van der Waals surface area contributed by atoms with Crippen molar-refractivity contribution in [3.8, 4) is 6.07 Å². The van der Waals surface area contributed by atoms with E-state index in [1.807, 2.05) is 45.9 Å². The van der Waals surface area contributed by atoms with Gasteiger partial charge in [-0.05, 0) is 26.8 Å². The van der Waals surface area contributed by atoms with Gasteiger partial charge in [-0.15, -0.1) is 6.58 Å². The molecule has 0 aliphatic rings. The molecule has 0 radical (unpaired) electrons. The van der Waals surface area contributed by atoms with Crippen molar-refractivity contribution < 1.29 is 0 Å². The van der Waals surface area contributed by atoms with Crippen molar-refractivity contribution >= 4 is 0 Å². The fourth-order valence-corrected chi connectivity index (χ4v) is 0.278. The van der Waals surface area contributed by atoms with E-state index in [4.69, 9.17) is 5.26 Å². The van der Waals surface area contributed by atoms with E-state index >= 15 is 0 Å². The Morgan fingerprint density at radius 3 is 1.92 bits per heavy atom. The average molecular weight is 179 g/mol. The molecule has 0 spiro atoms. The minimum atomic E-state index is 0.739. The van der Waals surface area contributed by atoms with Gasteiger partial charge in [0.05, 0.1) is 6.07 Å². The SMILES string of the molecule is C/C=C\C=C(/C)C#N.C=CC.CC. The summed E-state index contributed by atoms with van der Waals surface area (Å²) in [4.78, 5) is 0. The number of hydrogen-bond acceptors (Lipinski definition) is 1. The van der Waals surface area contributed by atoms with Crippen LogP contribution in [0, 0.1) is 11.3 Å². The normalized spacial score (nSPS) is 8.77. The molecule has 0 saturated heterocycles. The Morgan fingerprint density at radius 1 is 1.31 bits per heavy atom. The van der Waals surface area contributed by atoms with Crippen LogP contribution in [0.3, 0.4) is 0 Å². The van der Waals surface area contributed by atoms with Crippen LogP contribution in [0.5, 0.6) is 0 Å². The summed E-state index contributed by atoms with van der Waals surface area (Å²) in [5, 5.41) is 8.21. The van der Waals surface area contributed by atoms with E-state index < -0.39 is 0 Å². The molecule has 0 saturated carbocycles. The second-order valence-electron chi connectivity index (χ2n) is 1.90. The smallest absolute Gasteiger partial charge is 0.0944 e. The van der Waals surface area contributed by atoms with Gasteiger partial charge in [-0.3, -0.25) is 0 Å². The zero-order valence-electron chi connectivity index (χ0n) is 9.46. The Kier molecular flexibility index (Phi) is 30.5. The van der Waals surface area contributed by atoms with E-state index in [-0.39, 0.29) is 0 Å². The average Bonchev–Trinajstić information content (AvgIpc) is 2.18. The molecular weight excluding hydrogens is 158 g/mol. The predicted molar refractivity (Wildman–Crippen MR) is 61.4 cm³/mol. The number of allylic oxidation sites excluding steroid dienone is 5. The highest BCUT2D eigenvalue weighted by Crippen LogP contribution is 1.87. The molecule has 0 amide bonds. The third-order valence-electron chi connectivity index (χ3n) is 0.715. The van der Waals surface area contributed by atoms with Crippen LogP contribution >= 0.6 is 0 Å². The summed E-state index contributed by atoms with van der Waals surface area (Å²) >= 11 is 0. The Labute approximate surface area is 83.1 Å². The van der Waals surface area contributed by atoms with Crippen LogP contribution in [0.15, 0.2) is 36.5 Å². The van der Waals surface area contributed by atoms with Crippen LogP contribution in [0.2, 0.25) is 0 Å². The lowest BCUT2D eigenvalue weighted by molar-refractivity contribution is 1.44. The number of rotatable bonds is 1. The minimum absolute atomic E-state index is 0.739. The number of nitriles is 1. The lowest BCUT2D eigenvalue weighted by Crippen LogP contribution is -1.61. The first-order valence-corrected chi connectivity index (χ1v) is 4.49. The summed E-state index contributed by atoms with van der Waals surface area (Å²) < 4.78 is 0. The topological polar surface area (TPSA) is 23.8 Å². The van der Waals surface area contributed by atoms with Gasteiger partial charge >= 0.3 is 0 Å². The molecule has 0 aromatic rings. The summed E-state index contributed by atoms with van der Waals surface area (Å²) in [6, 6.07) is 2.01. The summed E-state index contributed by atoms with van der Waals surface area (Å²) in [7, 11) is 0. The van der Waals surface area contributed by atoms with E-state index in [0.717, 1.165) is 5.57 Å². The lowest BCUT2D eigenvalue weighted by atomic mass is 10.3. The van der Waals surface area contributed by atoms with Gasteiger partial charge < -0.3 is 0 Å². The molecule has 0 rings (SSSR count). The van der Waals surface area contributed by atoms with E-state index in [2.05, 4.69) is 6.58 Å². The molecule has 1 heteroatoms. The lowest BCUT2D eigenvalue weighted by Gasteiger charge is -1.74. The second kappa shape index (κ2) is 22.4. The van der Waals surface area contributed by atoms with Crippen molar-refractivity contribution in [3.05, 3.63) is 36.5 Å². The maximum Gasteiger partial charge on any atom is 0.0944 e. The number of hydrogen-bond donors (Lipinski definition) is 0. The van der Waals surface area contributed by atoms with Crippen LogP contribution in [0.1, 0.15) is 34.6 Å². The standard InChI is InChI=1S/C7H9N.C3H6.C2H6/c1-3-4-5-7(2)6-8;1-3-2;1-2/h3-5H,1-2H3;3H,1H2,2H3;1-2H3/b4-3-,7-5+;;. The Hall–Kier alpha value is -1.29. The first-order chi connectivity index (χ1) is 6.22. The first kappa shape index (κ1) is 17.7. The van der Waals surface area contributed by atoms with Gasteiger partial charge in [0.25, 0.3) is 0 Å². The van der Waals surface area contributed by atoms with Gasteiger partial charge in [0.15, 0.2) is 0 Å². The van der Waals surface area contributed by atoms with Crippen molar-refractivity contribution in [1.82, 2.24) is 0 Å². The molecule has 0 unspecified atom stereocenters. The van der Waals surface area contributed by atoms with Crippen LogP contribution in [-0.2, 0) is 0 Å². The van der Waals surface area contributed by atoms with Crippen LogP contribution in [-0.4, -0.2) is 0 Å². The van der Waals surface area contributed by atoms with Crippen molar-refractivity contribution in [2.24, 2.45) is 0 Å². The van der Waals surface area contributed by atoms with E-state index in [9.17, 15) is 0 Å².